The Balaban J connectivity index is 1.43. The first-order valence-corrected chi connectivity index (χ1v) is 8.83. The van der Waals surface area contributed by atoms with Crippen LogP contribution in [-0.2, 0) is 19.4 Å². The van der Waals surface area contributed by atoms with Gasteiger partial charge in [0.05, 0.1) is 12.8 Å². The molecule has 1 aliphatic carbocycles. The number of hydrogen-bond acceptors (Lipinski definition) is 4. The number of aromatic nitrogens is 1. The Hall–Kier alpha value is -3.02. The lowest BCUT2D eigenvalue weighted by atomic mass is 9.96. The van der Waals surface area contributed by atoms with Crippen LogP contribution in [0.2, 0.25) is 0 Å². The summed E-state index contributed by atoms with van der Waals surface area (Å²) in [7, 11) is 1.76. The summed E-state index contributed by atoms with van der Waals surface area (Å²) >= 11 is 0. The van der Waals surface area contributed by atoms with Crippen LogP contribution in [0.4, 0.5) is 10.5 Å². The molecular formula is C20H21N3O3. The lowest BCUT2D eigenvalue weighted by Gasteiger charge is -2.18. The van der Waals surface area contributed by atoms with Crippen LogP contribution in [0, 0.1) is 0 Å². The molecule has 0 unspecified atom stereocenters. The van der Waals surface area contributed by atoms with E-state index < -0.39 is 0 Å². The monoisotopic (exact) mass is 351 g/mol. The normalized spacial score (nSPS) is 13.3. The van der Waals surface area contributed by atoms with Gasteiger partial charge in [0.1, 0.15) is 17.2 Å². The number of hydrogen-bond donors (Lipinski definition) is 1. The lowest BCUT2D eigenvalue weighted by Crippen LogP contribution is -2.31. The molecule has 0 spiro atoms. The molecule has 0 saturated carbocycles. The van der Waals surface area contributed by atoms with E-state index in [-0.39, 0.29) is 6.03 Å². The second-order valence-corrected chi connectivity index (χ2v) is 6.58. The molecule has 0 aliphatic heterocycles. The highest BCUT2D eigenvalue weighted by atomic mass is 16.5. The molecule has 1 N–H and O–H groups in total. The molecule has 2 aromatic heterocycles. The molecule has 0 radical (unpaired) electrons. The maximum atomic E-state index is 12.5. The van der Waals surface area contributed by atoms with E-state index in [9.17, 15) is 4.79 Å². The molecule has 6 nitrogen and oxygen atoms in total. The molecule has 1 aliphatic rings. The number of rotatable bonds is 4. The number of carbonyl (C=O) groups is 1. The van der Waals surface area contributed by atoms with Crippen LogP contribution >= 0.6 is 0 Å². The third kappa shape index (κ3) is 3.35. The van der Waals surface area contributed by atoms with Crippen LogP contribution in [0.1, 0.15) is 29.9 Å². The number of anilines is 1. The van der Waals surface area contributed by atoms with Crippen molar-refractivity contribution in [2.24, 2.45) is 0 Å². The van der Waals surface area contributed by atoms with Gasteiger partial charge in [0.25, 0.3) is 0 Å². The van der Waals surface area contributed by atoms with Gasteiger partial charge in [-0.25, -0.2) is 4.79 Å². The molecule has 3 aromatic rings. The number of nitrogens with zero attached hydrogens (tertiary/aromatic N) is 2. The summed E-state index contributed by atoms with van der Waals surface area (Å²) in [4.78, 5) is 14.2. The Labute approximate surface area is 151 Å². The van der Waals surface area contributed by atoms with Crippen LogP contribution in [0.5, 0.6) is 0 Å². The first-order chi connectivity index (χ1) is 12.7. The fourth-order valence-electron chi connectivity index (χ4n) is 3.28. The molecule has 134 valence electrons. The first-order valence-electron chi connectivity index (χ1n) is 8.83. The second kappa shape index (κ2) is 7.07. The first kappa shape index (κ1) is 16.4. The van der Waals surface area contributed by atoms with E-state index in [1.54, 1.807) is 18.2 Å². The number of aryl methyl sites for hydroxylation is 1. The van der Waals surface area contributed by atoms with E-state index in [0.717, 1.165) is 54.1 Å². The highest BCUT2D eigenvalue weighted by molar-refractivity contribution is 5.89. The predicted molar refractivity (Wildman–Crippen MR) is 97.8 cm³/mol. The van der Waals surface area contributed by atoms with Crippen molar-refractivity contribution in [1.29, 1.82) is 0 Å². The van der Waals surface area contributed by atoms with E-state index in [4.69, 9.17) is 8.94 Å². The Kier molecular flexibility index (Phi) is 4.48. The summed E-state index contributed by atoms with van der Waals surface area (Å²) in [5.74, 6) is 1.75. The van der Waals surface area contributed by atoms with Gasteiger partial charge in [-0.05, 0) is 43.5 Å². The Morgan fingerprint density at radius 1 is 1.23 bits per heavy atom. The third-order valence-corrected chi connectivity index (χ3v) is 4.68. The molecule has 26 heavy (non-hydrogen) atoms. The van der Waals surface area contributed by atoms with Crippen LogP contribution in [0.15, 0.2) is 51.6 Å². The van der Waals surface area contributed by atoms with Gasteiger partial charge in [-0.3, -0.25) is 0 Å². The SMILES string of the molecule is CN(Cc1noc2c1CCCC2)C(=O)Nc1cccc(-c2ccco2)c1. The molecule has 4 rings (SSSR count). The number of urea groups is 1. The van der Waals surface area contributed by atoms with E-state index in [0.29, 0.717) is 6.54 Å². The number of fused-ring (bicyclic) bond motifs is 1. The summed E-state index contributed by atoms with van der Waals surface area (Å²) in [5.41, 5.74) is 3.68. The third-order valence-electron chi connectivity index (χ3n) is 4.68. The Bertz CT molecular complexity index is 899. The summed E-state index contributed by atoms with van der Waals surface area (Å²) in [5, 5.41) is 7.09. The maximum absolute atomic E-state index is 12.5. The van der Waals surface area contributed by atoms with Crippen LogP contribution in [0.25, 0.3) is 11.3 Å². The van der Waals surface area contributed by atoms with Crippen molar-refractivity contribution in [2.75, 3.05) is 12.4 Å². The van der Waals surface area contributed by atoms with E-state index in [1.807, 2.05) is 36.4 Å². The summed E-state index contributed by atoms with van der Waals surface area (Å²) in [6, 6.07) is 11.1. The molecular weight excluding hydrogens is 330 g/mol. The van der Waals surface area contributed by atoms with E-state index in [1.165, 1.54) is 5.56 Å². The van der Waals surface area contributed by atoms with Crippen molar-refractivity contribution in [3.05, 3.63) is 59.7 Å². The fourth-order valence-corrected chi connectivity index (χ4v) is 3.28. The number of furan rings is 1. The minimum Gasteiger partial charge on any atom is -0.464 e. The van der Waals surface area contributed by atoms with Gasteiger partial charge in [0.2, 0.25) is 0 Å². The maximum Gasteiger partial charge on any atom is 0.321 e. The van der Waals surface area contributed by atoms with Crippen LogP contribution in [-0.4, -0.2) is 23.1 Å². The molecule has 2 amide bonds. The topological polar surface area (TPSA) is 71.5 Å². The van der Waals surface area contributed by atoms with Crippen molar-refractivity contribution in [3.8, 4) is 11.3 Å². The van der Waals surface area contributed by atoms with Crippen molar-refractivity contribution in [2.45, 2.75) is 32.2 Å². The molecule has 0 atom stereocenters. The number of amides is 2. The zero-order valence-electron chi connectivity index (χ0n) is 14.7. The zero-order chi connectivity index (χ0) is 17.9. The van der Waals surface area contributed by atoms with Crippen molar-refractivity contribution in [1.82, 2.24) is 10.1 Å². The average molecular weight is 351 g/mol. The molecule has 2 heterocycles. The average Bonchev–Trinajstić information content (AvgIpc) is 3.32. The molecule has 6 heteroatoms. The van der Waals surface area contributed by atoms with E-state index in [2.05, 4.69) is 10.5 Å². The molecule has 1 aromatic carbocycles. The van der Waals surface area contributed by atoms with Gasteiger partial charge in [-0.2, -0.15) is 0 Å². The van der Waals surface area contributed by atoms with E-state index >= 15 is 0 Å². The van der Waals surface area contributed by atoms with Gasteiger partial charge in [0.15, 0.2) is 0 Å². The zero-order valence-corrected chi connectivity index (χ0v) is 14.7. The highest BCUT2D eigenvalue weighted by Crippen LogP contribution is 2.25. The minimum atomic E-state index is -0.186. The van der Waals surface area contributed by atoms with Crippen molar-refractivity contribution >= 4 is 11.7 Å². The molecule has 0 saturated heterocycles. The van der Waals surface area contributed by atoms with Gasteiger partial charge in [0, 0.05) is 30.3 Å². The fraction of sp³-hybridized carbons (Fsp3) is 0.300. The number of nitrogens with one attached hydrogen (secondary N) is 1. The molecule has 0 fully saturated rings. The summed E-state index contributed by atoms with van der Waals surface area (Å²) in [6.45, 7) is 0.433. The Morgan fingerprint density at radius 2 is 2.12 bits per heavy atom. The van der Waals surface area contributed by atoms with Crippen LogP contribution in [0.3, 0.4) is 0 Å². The van der Waals surface area contributed by atoms with Crippen molar-refractivity contribution in [3.63, 3.8) is 0 Å². The van der Waals surface area contributed by atoms with Gasteiger partial charge in [-0.15, -0.1) is 0 Å². The number of benzene rings is 1. The van der Waals surface area contributed by atoms with Gasteiger partial charge < -0.3 is 19.2 Å². The standard InChI is InChI=1S/C20H21N3O3/c1-23(13-17-16-8-2-3-9-19(16)26-22-17)20(24)21-15-7-4-6-14(12-15)18-10-5-11-25-18/h4-7,10-12H,2-3,8-9,13H2,1H3,(H,21,24). The minimum absolute atomic E-state index is 0.186. The molecule has 0 bridgehead atoms. The second-order valence-electron chi connectivity index (χ2n) is 6.58. The van der Waals surface area contributed by atoms with Crippen LogP contribution < -0.4 is 5.32 Å². The lowest BCUT2D eigenvalue weighted by molar-refractivity contribution is 0.219. The smallest absolute Gasteiger partial charge is 0.321 e. The summed E-state index contributed by atoms with van der Waals surface area (Å²) in [6.07, 6.45) is 5.85. The van der Waals surface area contributed by atoms with Gasteiger partial charge >= 0.3 is 6.03 Å². The summed E-state index contributed by atoms with van der Waals surface area (Å²) < 4.78 is 10.8. The largest absolute Gasteiger partial charge is 0.464 e. The Morgan fingerprint density at radius 3 is 2.96 bits per heavy atom. The predicted octanol–water partition coefficient (Wildman–Crippen LogP) is 4.48. The highest BCUT2D eigenvalue weighted by Gasteiger charge is 2.21. The number of carbonyl (C=O) groups excluding carboxylic acids is 1. The van der Waals surface area contributed by atoms with Crippen molar-refractivity contribution < 1.29 is 13.7 Å². The van der Waals surface area contributed by atoms with Gasteiger partial charge in [-0.1, -0.05) is 17.3 Å². The quantitative estimate of drug-likeness (QED) is 0.752.